The monoisotopic (exact) mass is 321 g/mol. The van der Waals surface area contributed by atoms with Crippen LogP contribution in [0, 0.1) is 20.8 Å². The first kappa shape index (κ1) is 16.2. The maximum Gasteiger partial charge on any atom is 0.316 e. The topological polar surface area (TPSA) is 81.2 Å². The molecule has 1 heterocycles. The van der Waals surface area contributed by atoms with Crippen LogP contribution in [0.1, 0.15) is 23.6 Å². The first-order chi connectivity index (χ1) is 10.3. The summed E-state index contributed by atoms with van der Waals surface area (Å²) in [7, 11) is -3.69. The van der Waals surface area contributed by atoms with Crippen LogP contribution in [0.25, 0.3) is 0 Å². The standard InChI is InChI=1S/C15H19N3O3S/c1-5-21-15-16-8-13(9-17-15)18-22(19,20)14-11(3)6-10(2)7-12(14)4/h6-9,18H,5H2,1-4H3. The van der Waals surface area contributed by atoms with Crippen molar-refractivity contribution < 1.29 is 13.2 Å². The van der Waals surface area contributed by atoms with E-state index in [1.165, 1.54) is 12.4 Å². The molecule has 0 spiro atoms. The third-order valence-electron chi connectivity index (χ3n) is 3.03. The lowest BCUT2D eigenvalue weighted by Crippen LogP contribution is -2.16. The number of sulfonamides is 1. The molecule has 6 nitrogen and oxygen atoms in total. The smallest absolute Gasteiger partial charge is 0.316 e. The van der Waals surface area contributed by atoms with E-state index < -0.39 is 10.0 Å². The van der Waals surface area contributed by atoms with Gasteiger partial charge in [-0.15, -0.1) is 0 Å². The Morgan fingerprint density at radius 3 is 2.14 bits per heavy atom. The number of ether oxygens (including phenoxy) is 1. The van der Waals surface area contributed by atoms with E-state index in [1.54, 1.807) is 13.8 Å². The Morgan fingerprint density at radius 1 is 1.09 bits per heavy atom. The van der Waals surface area contributed by atoms with Gasteiger partial charge in [0, 0.05) is 0 Å². The SMILES string of the molecule is CCOc1ncc(NS(=O)(=O)c2c(C)cc(C)cc2C)cn1. The molecule has 1 aromatic carbocycles. The van der Waals surface area contributed by atoms with Crippen molar-refractivity contribution in [1.29, 1.82) is 0 Å². The van der Waals surface area contributed by atoms with Gasteiger partial charge in [-0.2, -0.15) is 0 Å². The molecule has 0 radical (unpaired) electrons. The molecule has 0 saturated heterocycles. The van der Waals surface area contributed by atoms with Gasteiger partial charge in [0.05, 0.1) is 29.6 Å². The van der Waals surface area contributed by atoms with Gasteiger partial charge in [0.25, 0.3) is 10.0 Å². The van der Waals surface area contributed by atoms with Crippen molar-refractivity contribution in [1.82, 2.24) is 9.97 Å². The van der Waals surface area contributed by atoms with Crippen LogP contribution in [0.3, 0.4) is 0 Å². The number of benzene rings is 1. The summed E-state index contributed by atoms with van der Waals surface area (Å²) in [6, 6.07) is 3.90. The molecule has 0 unspecified atom stereocenters. The summed E-state index contributed by atoms with van der Waals surface area (Å²) in [5.74, 6) is 0. The van der Waals surface area contributed by atoms with Crippen molar-refractivity contribution in [2.45, 2.75) is 32.6 Å². The zero-order chi connectivity index (χ0) is 16.3. The maximum absolute atomic E-state index is 12.6. The Kier molecular flexibility index (Phi) is 4.65. The molecule has 0 aliphatic carbocycles. The second-order valence-corrected chi connectivity index (χ2v) is 6.64. The average Bonchev–Trinajstić information content (AvgIpc) is 2.39. The molecule has 0 bridgehead atoms. The predicted molar refractivity (Wildman–Crippen MR) is 84.7 cm³/mol. The van der Waals surface area contributed by atoms with Gasteiger partial charge < -0.3 is 4.74 Å². The second kappa shape index (κ2) is 6.31. The van der Waals surface area contributed by atoms with Crippen molar-refractivity contribution in [3.05, 3.63) is 41.2 Å². The predicted octanol–water partition coefficient (Wildman–Crippen LogP) is 2.60. The highest BCUT2D eigenvalue weighted by atomic mass is 32.2. The van der Waals surface area contributed by atoms with E-state index in [0.717, 1.165) is 5.56 Å². The fraction of sp³-hybridized carbons (Fsp3) is 0.333. The van der Waals surface area contributed by atoms with Crippen molar-refractivity contribution in [2.75, 3.05) is 11.3 Å². The van der Waals surface area contributed by atoms with Gasteiger partial charge in [-0.3, -0.25) is 4.72 Å². The van der Waals surface area contributed by atoms with Gasteiger partial charge in [0.2, 0.25) is 0 Å². The maximum atomic E-state index is 12.6. The van der Waals surface area contributed by atoms with E-state index in [2.05, 4.69) is 14.7 Å². The number of rotatable bonds is 5. The van der Waals surface area contributed by atoms with E-state index in [4.69, 9.17) is 4.74 Å². The number of hydrogen-bond donors (Lipinski definition) is 1. The number of hydrogen-bond acceptors (Lipinski definition) is 5. The first-order valence-corrected chi connectivity index (χ1v) is 8.37. The summed E-state index contributed by atoms with van der Waals surface area (Å²) >= 11 is 0. The molecule has 2 rings (SSSR count). The van der Waals surface area contributed by atoms with Crippen molar-refractivity contribution >= 4 is 15.7 Å². The fourth-order valence-electron chi connectivity index (χ4n) is 2.37. The molecular formula is C15H19N3O3S. The minimum Gasteiger partial charge on any atom is -0.464 e. The van der Waals surface area contributed by atoms with Gasteiger partial charge in [0.1, 0.15) is 0 Å². The Hall–Kier alpha value is -2.15. The largest absolute Gasteiger partial charge is 0.464 e. The molecular weight excluding hydrogens is 302 g/mol. The number of anilines is 1. The molecule has 1 N–H and O–H groups in total. The molecule has 0 amide bonds. The lowest BCUT2D eigenvalue weighted by molar-refractivity contribution is 0.312. The van der Waals surface area contributed by atoms with Gasteiger partial charge in [-0.25, -0.2) is 18.4 Å². The second-order valence-electron chi connectivity index (χ2n) is 5.02. The summed E-state index contributed by atoms with van der Waals surface area (Å²) in [6.07, 6.45) is 2.77. The third kappa shape index (κ3) is 3.54. The third-order valence-corrected chi connectivity index (χ3v) is 4.71. The molecule has 7 heteroatoms. The fourth-order valence-corrected chi connectivity index (χ4v) is 3.85. The molecule has 0 aliphatic rings. The summed E-state index contributed by atoms with van der Waals surface area (Å²) in [6.45, 7) is 7.77. The Morgan fingerprint density at radius 2 is 1.64 bits per heavy atom. The summed E-state index contributed by atoms with van der Waals surface area (Å²) in [5.41, 5.74) is 2.73. The molecule has 1 aromatic heterocycles. The molecule has 0 saturated carbocycles. The van der Waals surface area contributed by atoms with Crippen molar-refractivity contribution in [3.8, 4) is 6.01 Å². The van der Waals surface area contributed by atoms with E-state index >= 15 is 0 Å². The van der Waals surface area contributed by atoms with Gasteiger partial charge in [-0.05, 0) is 38.8 Å². The Labute approximate surface area is 130 Å². The lowest BCUT2D eigenvalue weighted by atomic mass is 10.1. The summed E-state index contributed by atoms with van der Waals surface area (Å²) in [4.78, 5) is 8.17. The van der Waals surface area contributed by atoms with Crippen molar-refractivity contribution in [3.63, 3.8) is 0 Å². The van der Waals surface area contributed by atoms with Crippen LogP contribution >= 0.6 is 0 Å². The van der Waals surface area contributed by atoms with Crippen LogP contribution in [0.2, 0.25) is 0 Å². The van der Waals surface area contributed by atoms with E-state index in [9.17, 15) is 8.42 Å². The normalized spacial score (nSPS) is 11.3. The number of nitrogens with one attached hydrogen (secondary N) is 1. The summed E-state index contributed by atoms with van der Waals surface area (Å²) < 4.78 is 32.8. The van der Waals surface area contributed by atoms with Crippen molar-refractivity contribution in [2.24, 2.45) is 0 Å². The van der Waals surface area contributed by atoms with Gasteiger partial charge in [0.15, 0.2) is 0 Å². The lowest BCUT2D eigenvalue weighted by Gasteiger charge is -2.13. The van der Waals surface area contributed by atoms with Crippen LogP contribution in [0.5, 0.6) is 6.01 Å². The van der Waals surface area contributed by atoms with Crippen LogP contribution < -0.4 is 9.46 Å². The minimum atomic E-state index is -3.69. The molecule has 0 aliphatic heterocycles. The van der Waals surface area contributed by atoms with E-state index in [-0.39, 0.29) is 10.9 Å². The highest BCUT2D eigenvalue weighted by Gasteiger charge is 2.20. The van der Waals surface area contributed by atoms with E-state index in [1.807, 2.05) is 26.0 Å². The van der Waals surface area contributed by atoms with Crippen LogP contribution in [0.4, 0.5) is 5.69 Å². The Balaban J connectivity index is 2.32. The average molecular weight is 321 g/mol. The van der Waals surface area contributed by atoms with Gasteiger partial charge >= 0.3 is 6.01 Å². The van der Waals surface area contributed by atoms with Crippen LogP contribution in [-0.4, -0.2) is 25.0 Å². The number of aromatic nitrogens is 2. The number of aryl methyl sites for hydroxylation is 3. The number of nitrogens with zero attached hydrogens (tertiary/aromatic N) is 2. The van der Waals surface area contributed by atoms with Gasteiger partial charge in [-0.1, -0.05) is 17.7 Å². The molecule has 0 fully saturated rings. The van der Waals surface area contributed by atoms with Crippen LogP contribution in [0.15, 0.2) is 29.4 Å². The highest BCUT2D eigenvalue weighted by Crippen LogP contribution is 2.24. The quantitative estimate of drug-likeness (QED) is 0.915. The van der Waals surface area contributed by atoms with E-state index in [0.29, 0.717) is 23.4 Å². The molecule has 118 valence electrons. The molecule has 0 atom stereocenters. The highest BCUT2D eigenvalue weighted by molar-refractivity contribution is 7.92. The summed E-state index contributed by atoms with van der Waals surface area (Å²) in [5, 5.41) is 0. The first-order valence-electron chi connectivity index (χ1n) is 6.89. The minimum absolute atomic E-state index is 0.216. The van der Waals surface area contributed by atoms with Crippen LogP contribution in [-0.2, 0) is 10.0 Å². The molecule has 2 aromatic rings. The Bertz CT molecular complexity index is 748. The zero-order valence-corrected chi connectivity index (χ0v) is 13.9. The zero-order valence-electron chi connectivity index (χ0n) is 13.0. The molecule has 22 heavy (non-hydrogen) atoms.